The molecule has 0 saturated carbocycles. The third kappa shape index (κ3) is 3.80. The number of para-hydroxylation sites is 1. The molecule has 2 aromatic heterocycles. The van der Waals surface area contributed by atoms with Gasteiger partial charge in [-0.25, -0.2) is 4.98 Å². The van der Waals surface area contributed by atoms with Crippen LogP contribution in [0.25, 0.3) is 10.4 Å². The highest BCUT2D eigenvalue weighted by Gasteiger charge is 2.27. The van der Waals surface area contributed by atoms with Crippen LogP contribution < -0.4 is 10.2 Å². The monoisotopic (exact) mass is 405 g/mol. The molecule has 5 nitrogen and oxygen atoms in total. The number of aromatic nitrogens is 1. The Morgan fingerprint density at radius 3 is 2.79 bits per heavy atom. The van der Waals surface area contributed by atoms with E-state index in [0.717, 1.165) is 38.7 Å². The van der Waals surface area contributed by atoms with Gasteiger partial charge in [0.05, 0.1) is 10.6 Å². The van der Waals surface area contributed by atoms with Crippen LogP contribution in [-0.2, 0) is 6.42 Å². The smallest absolute Gasteiger partial charge is 0.276 e. The Bertz CT molecular complexity index is 1070. The highest BCUT2D eigenvalue weighted by Crippen LogP contribution is 2.41. The summed E-state index contributed by atoms with van der Waals surface area (Å²) in [5.74, 6) is -0.128. The number of amides is 2. The van der Waals surface area contributed by atoms with Gasteiger partial charge < -0.3 is 10.2 Å². The molecule has 29 heavy (non-hydrogen) atoms. The summed E-state index contributed by atoms with van der Waals surface area (Å²) in [6, 6.07) is 15.4. The maximum absolute atomic E-state index is 13.2. The van der Waals surface area contributed by atoms with E-state index in [1.165, 1.54) is 11.3 Å². The van der Waals surface area contributed by atoms with Gasteiger partial charge in [-0.15, -0.1) is 11.3 Å². The Balaban J connectivity index is 1.72. The van der Waals surface area contributed by atoms with Crippen LogP contribution in [0.1, 0.15) is 44.8 Å². The van der Waals surface area contributed by atoms with Crippen molar-refractivity contribution in [3.63, 3.8) is 0 Å². The van der Waals surface area contributed by atoms with Gasteiger partial charge in [-0.3, -0.25) is 9.59 Å². The molecule has 0 radical (unpaired) electrons. The van der Waals surface area contributed by atoms with Crippen LogP contribution in [0.5, 0.6) is 0 Å². The zero-order valence-corrected chi connectivity index (χ0v) is 17.4. The molecule has 0 aliphatic carbocycles. The van der Waals surface area contributed by atoms with E-state index in [-0.39, 0.29) is 11.8 Å². The fourth-order valence-corrected chi connectivity index (χ4v) is 4.71. The molecule has 0 spiro atoms. The molecule has 1 aliphatic heterocycles. The van der Waals surface area contributed by atoms with Crippen molar-refractivity contribution in [2.45, 2.75) is 26.7 Å². The molecule has 1 N–H and O–H groups in total. The molecule has 6 heteroatoms. The number of fused-ring (bicyclic) bond motifs is 3. The number of hydrogen-bond donors (Lipinski definition) is 1. The number of anilines is 1. The molecular weight excluding hydrogens is 382 g/mol. The molecule has 3 aromatic rings. The number of nitrogens with one attached hydrogen (secondary N) is 1. The van der Waals surface area contributed by atoms with E-state index in [1.807, 2.05) is 56.3 Å². The second-order valence-corrected chi connectivity index (χ2v) is 8.16. The van der Waals surface area contributed by atoms with Crippen LogP contribution >= 0.6 is 11.3 Å². The quantitative estimate of drug-likeness (QED) is 0.697. The molecule has 1 aliphatic rings. The van der Waals surface area contributed by atoms with Gasteiger partial charge in [-0.1, -0.05) is 31.2 Å². The Labute approximate surface area is 174 Å². The third-order valence-electron chi connectivity index (χ3n) is 4.97. The average molecular weight is 406 g/mol. The minimum atomic E-state index is -0.0998. The van der Waals surface area contributed by atoms with Crippen LogP contribution in [0.3, 0.4) is 0 Å². The summed E-state index contributed by atoms with van der Waals surface area (Å²) in [6.45, 7) is 5.14. The second kappa shape index (κ2) is 8.17. The number of thiophene rings is 1. The van der Waals surface area contributed by atoms with E-state index in [0.29, 0.717) is 25.2 Å². The summed E-state index contributed by atoms with van der Waals surface area (Å²) in [5.41, 5.74) is 4.23. The van der Waals surface area contributed by atoms with E-state index < -0.39 is 0 Å². The van der Waals surface area contributed by atoms with Gasteiger partial charge in [0.25, 0.3) is 11.8 Å². The van der Waals surface area contributed by atoms with Gasteiger partial charge in [0.1, 0.15) is 5.69 Å². The maximum Gasteiger partial charge on any atom is 0.276 e. The summed E-state index contributed by atoms with van der Waals surface area (Å²) in [4.78, 5) is 33.7. The van der Waals surface area contributed by atoms with Gasteiger partial charge in [0.15, 0.2) is 0 Å². The maximum atomic E-state index is 13.2. The molecule has 0 fully saturated rings. The van der Waals surface area contributed by atoms with Crippen LogP contribution in [0.15, 0.2) is 48.5 Å². The zero-order valence-electron chi connectivity index (χ0n) is 16.6. The van der Waals surface area contributed by atoms with Crippen molar-refractivity contribution in [3.8, 4) is 10.4 Å². The van der Waals surface area contributed by atoms with Crippen molar-refractivity contribution in [2.24, 2.45) is 0 Å². The van der Waals surface area contributed by atoms with Gasteiger partial charge in [-0.05, 0) is 49.6 Å². The number of hydrogen-bond acceptors (Lipinski definition) is 4. The van der Waals surface area contributed by atoms with Crippen LogP contribution in [-0.4, -0.2) is 29.9 Å². The SMILES string of the molecule is CCCNC(=O)c1cc2c(s1)-c1ccccc1N(C(=O)c1cccc(C)n1)CC2. The number of rotatable bonds is 4. The number of benzene rings is 1. The standard InChI is InChI=1S/C23H23N3O2S/c1-3-12-24-22(27)20-14-16-11-13-26(23(28)18-9-6-7-15(2)25-18)19-10-5-4-8-17(19)21(16)29-20/h4-10,14H,3,11-13H2,1-2H3,(H,24,27). The number of aryl methyl sites for hydroxylation is 1. The van der Waals surface area contributed by atoms with Crippen molar-refractivity contribution < 1.29 is 9.59 Å². The summed E-state index contributed by atoms with van der Waals surface area (Å²) in [7, 11) is 0. The Morgan fingerprint density at radius 1 is 1.17 bits per heavy atom. The van der Waals surface area contributed by atoms with E-state index in [9.17, 15) is 9.59 Å². The normalized spacial score (nSPS) is 12.7. The number of carbonyl (C=O) groups is 2. The first-order valence-electron chi connectivity index (χ1n) is 9.84. The fourth-order valence-electron chi connectivity index (χ4n) is 3.55. The summed E-state index contributed by atoms with van der Waals surface area (Å²) >= 11 is 1.50. The molecule has 0 saturated heterocycles. The third-order valence-corrected chi connectivity index (χ3v) is 6.17. The molecule has 4 rings (SSSR count). The van der Waals surface area contributed by atoms with Gasteiger partial charge >= 0.3 is 0 Å². The highest BCUT2D eigenvalue weighted by molar-refractivity contribution is 7.17. The van der Waals surface area contributed by atoms with Crippen molar-refractivity contribution in [1.82, 2.24) is 10.3 Å². The summed E-state index contributed by atoms with van der Waals surface area (Å²) in [5, 5.41) is 2.95. The molecule has 0 unspecified atom stereocenters. The van der Waals surface area contributed by atoms with Gasteiger partial charge in [0, 0.05) is 29.2 Å². The lowest BCUT2D eigenvalue weighted by atomic mass is 10.1. The van der Waals surface area contributed by atoms with Gasteiger partial charge in [-0.2, -0.15) is 0 Å². The lowest BCUT2D eigenvalue weighted by Crippen LogP contribution is -2.33. The van der Waals surface area contributed by atoms with Gasteiger partial charge in [0.2, 0.25) is 0 Å². The van der Waals surface area contributed by atoms with Crippen molar-refractivity contribution in [3.05, 3.63) is 70.4 Å². The van der Waals surface area contributed by atoms with Crippen LogP contribution in [0.2, 0.25) is 0 Å². The van der Waals surface area contributed by atoms with E-state index in [1.54, 1.807) is 11.0 Å². The molecule has 3 heterocycles. The Morgan fingerprint density at radius 2 is 2.00 bits per heavy atom. The van der Waals surface area contributed by atoms with E-state index >= 15 is 0 Å². The fraction of sp³-hybridized carbons (Fsp3) is 0.261. The average Bonchev–Trinajstić information content (AvgIpc) is 3.10. The second-order valence-electron chi connectivity index (χ2n) is 7.11. The lowest BCUT2D eigenvalue weighted by molar-refractivity contribution is 0.0955. The van der Waals surface area contributed by atoms with Crippen LogP contribution in [0.4, 0.5) is 5.69 Å². The first-order valence-corrected chi connectivity index (χ1v) is 10.7. The van der Waals surface area contributed by atoms with E-state index in [4.69, 9.17) is 0 Å². The highest BCUT2D eigenvalue weighted by atomic mass is 32.1. The lowest BCUT2D eigenvalue weighted by Gasteiger charge is -2.22. The topological polar surface area (TPSA) is 62.3 Å². The Kier molecular flexibility index (Phi) is 5.45. The first kappa shape index (κ1) is 19.3. The molecule has 148 valence electrons. The van der Waals surface area contributed by atoms with E-state index in [2.05, 4.69) is 10.3 Å². The molecule has 0 bridgehead atoms. The minimum absolute atomic E-state index is 0.0284. The largest absolute Gasteiger partial charge is 0.351 e. The molecule has 2 amide bonds. The predicted molar refractivity (Wildman–Crippen MR) is 117 cm³/mol. The first-order chi connectivity index (χ1) is 14.1. The summed E-state index contributed by atoms with van der Waals surface area (Å²) in [6.07, 6.45) is 1.60. The molecule has 0 atom stereocenters. The van der Waals surface area contributed by atoms with Crippen LogP contribution in [0, 0.1) is 6.92 Å². The van der Waals surface area contributed by atoms with Crippen molar-refractivity contribution in [2.75, 3.05) is 18.0 Å². The summed E-state index contributed by atoms with van der Waals surface area (Å²) < 4.78 is 0. The predicted octanol–water partition coefficient (Wildman–Crippen LogP) is 4.46. The Hall–Kier alpha value is -2.99. The number of pyridine rings is 1. The molecule has 1 aromatic carbocycles. The molecular formula is C23H23N3O2S. The number of nitrogens with zero attached hydrogens (tertiary/aromatic N) is 2. The minimum Gasteiger partial charge on any atom is -0.351 e. The van der Waals surface area contributed by atoms with Crippen molar-refractivity contribution >= 4 is 28.8 Å². The number of carbonyl (C=O) groups excluding carboxylic acids is 2. The zero-order chi connectivity index (χ0) is 20.4. The van der Waals surface area contributed by atoms with Crippen molar-refractivity contribution in [1.29, 1.82) is 0 Å².